The summed E-state index contributed by atoms with van der Waals surface area (Å²) in [7, 11) is 4.31. The Morgan fingerprint density at radius 1 is 0.975 bits per heavy atom. The standard InChI is InChI=1S/C33H45N5O2/c1-4-20-38-30-13-9-8-12-28(30)32(24-10-6-5-7-11-24)35-29(33(38)40)23-31(39)34-25-14-16-27(17-15-25)37-21-18-26(19-22-37)36(2)3/h8-9,12-17,24,26,29H,4-7,10-11,18-23H2,1-3H3,(H,34,39). The number of carbonyl (C=O) groups excluding carboxylic acids is 2. The lowest BCUT2D eigenvalue weighted by atomic mass is 9.82. The molecule has 2 fully saturated rings. The minimum atomic E-state index is -0.715. The molecule has 1 saturated heterocycles. The first kappa shape index (κ1) is 28.3. The summed E-state index contributed by atoms with van der Waals surface area (Å²) in [5.74, 6) is 0.0870. The van der Waals surface area contributed by atoms with Gasteiger partial charge in [-0.1, -0.05) is 44.4 Å². The average Bonchev–Trinajstić information content (AvgIpc) is 3.09. The number of carbonyl (C=O) groups is 2. The van der Waals surface area contributed by atoms with Gasteiger partial charge in [0.1, 0.15) is 6.04 Å². The molecule has 2 heterocycles. The molecule has 1 unspecified atom stereocenters. The number of hydrogen-bond donors (Lipinski definition) is 1. The highest BCUT2D eigenvalue weighted by Crippen LogP contribution is 2.35. The zero-order valence-corrected chi connectivity index (χ0v) is 24.4. The minimum Gasteiger partial charge on any atom is -0.371 e. The molecule has 5 rings (SSSR count). The molecule has 3 aliphatic rings. The zero-order valence-electron chi connectivity index (χ0n) is 24.4. The van der Waals surface area contributed by atoms with Gasteiger partial charge in [0, 0.05) is 54.2 Å². The zero-order chi connectivity index (χ0) is 28.1. The highest BCUT2D eigenvalue weighted by Gasteiger charge is 2.35. The van der Waals surface area contributed by atoms with Crippen molar-refractivity contribution in [2.45, 2.75) is 76.8 Å². The first-order valence-corrected chi connectivity index (χ1v) is 15.2. The number of fused-ring (bicyclic) bond motifs is 1. The van der Waals surface area contributed by atoms with Gasteiger partial charge in [-0.15, -0.1) is 0 Å². The molecule has 2 aliphatic heterocycles. The lowest BCUT2D eigenvalue weighted by Gasteiger charge is -2.36. The first-order valence-electron chi connectivity index (χ1n) is 15.2. The summed E-state index contributed by atoms with van der Waals surface area (Å²) in [6, 6.07) is 16.2. The first-order chi connectivity index (χ1) is 19.4. The van der Waals surface area contributed by atoms with E-state index in [1.54, 1.807) is 0 Å². The lowest BCUT2D eigenvalue weighted by Crippen LogP contribution is -2.41. The van der Waals surface area contributed by atoms with Gasteiger partial charge in [0.25, 0.3) is 5.91 Å². The molecule has 2 amide bonds. The molecule has 7 heteroatoms. The van der Waals surface area contributed by atoms with Crippen LogP contribution in [0.4, 0.5) is 17.1 Å². The van der Waals surface area contributed by atoms with Gasteiger partial charge in [-0.2, -0.15) is 0 Å². The normalized spacial score (nSPS) is 20.8. The van der Waals surface area contributed by atoms with Crippen LogP contribution in [0.25, 0.3) is 0 Å². The van der Waals surface area contributed by atoms with Crippen LogP contribution in [0.1, 0.15) is 70.3 Å². The van der Waals surface area contributed by atoms with Gasteiger partial charge in [0.05, 0.1) is 12.1 Å². The van der Waals surface area contributed by atoms with Crippen molar-refractivity contribution in [2.75, 3.05) is 48.8 Å². The van der Waals surface area contributed by atoms with Gasteiger partial charge in [-0.05, 0) is 76.5 Å². The van der Waals surface area contributed by atoms with Crippen LogP contribution in [-0.2, 0) is 9.59 Å². The predicted molar refractivity (Wildman–Crippen MR) is 165 cm³/mol. The van der Waals surface area contributed by atoms with Gasteiger partial charge in [0.2, 0.25) is 5.91 Å². The van der Waals surface area contributed by atoms with Gasteiger partial charge < -0.3 is 20.0 Å². The van der Waals surface area contributed by atoms with E-state index in [9.17, 15) is 9.59 Å². The molecule has 214 valence electrons. The van der Waals surface area contributed by atoms with E-state index in [1.807, 2.05) is 35.2 Å². The number of benzene rings is 2. The summed E-state index contributed by atoms with van der Waals surface area (Å²) in [6.45, 7) is 4.78. The monoisotopic (exact) mass is 543 g/mol. The van der Waals surface area contributed by atoms with Crippen molar-refractivity contribution >= 4 is 34.6 Å². The number of piperidine rings is 1. The second-order valence-electron chi connectivity index (χ2n) is 11.9. The van der Waals surface area contributed by atoms with Gasteiger partial charge in [-0.3, -0.25) is 14.6 Å². The van der Waals surface area contributed by atoms with Crippen LogP contribution in [0.3, 0.4) is 0 Å². The van der Waals surface area contributed by atoms with E-state index in [4.69, 9.17) is 4.99 Å². The Morgan fingerprint density at radius 2 is 1.68 bits per heavy atom. The maximum Gasteiger partial charge on any atom is 0.252 e. The molecule has 1 aliphatic carbocycles. The summed E-state index contributed by atoms with van der Waals surface area (Å²) in [5.41, 5.74) is 4.95. The predicted octanol–water partition coefficient (Wildman–Crippen LogP) is 5.74. The van der Waals surface area contributed by atoms with Crippen molar-refractivity contribution in [3.63, 3.8) is 0 Å². The Labute approximate surface area is 239 Å². The number of aliphatic imine (C=N–C) groups is 1. The van der Waals surface area contributed by atoms with Crippen molar-refractivity contribution < 1.29 is 9.59 Å². The summed E-state index contributed by atoms with van der Waals surface area (Å²) in [5, 5.41) is 3.04. The van der Waals surface area contributed by atoms with Crippen LogP contribution in [-0.4, -0.2) is 68.2 Å². The summed E-state index contributed by atoms with van der Waals surface area (Å²) in [4.78, 5) is 38.8. The third-order valence-electron chi connectivity index (χ3n) is 8.85. The molecule has 1 N–H and O–H groups in total. The fourth-order valence-corrected chi connectivity index (χ4v) is 6.59. The largest absolute Gasteiger partial charge is 0.371 e. The summed E-state index contributed by atoms with van der Waals surface area (Å²) in [6.07, 6.45) is 9.01. The average molecular weight is 544 g/mol. The van der Waals surface area contributed by atoms with E-state index in [0.717, 1.165) is 67.8 Å². The maximum absolute atomic E-state index is 13.8. The number of rotatable bonds is 8. The fraction of sp³-hybridized carbons (Fsp3) is 0.545. The Balaban J connectivity index is 1.30. The van der Waals surface area contributed by atoms with Crippen molar-refractivity contribution in [3.05, 3.63) is 54.1 Å². The van der Waals surface area contributed by atoms with E-state index in [0.29, 0.717) is 18.5 Å². The van der Waals surface area contributed by atoms with Crippen LogP contribution < -0.4 is 15.1 Å². The van der Waals surface area contributed by atoms with E-state index < -0.39 is 6.04 Å². The SMILES string of the molecule is CCCN1C(=O)C(CC(=O)Nc2ccc(N3CCC(N(C)C)CC3)cc2)N=C(C2CCCCC2)c2ccccc21. The van der Waals surface area contributed by atoms with Gasteiger partial charge in [-0.25, -0.2) is 0 Å². The number of nitrogens with one attached hydrogen (secondary N) is 1. The van der Waals surface area contributed by atoms with E-state index in [1.165, 1.54) is 24.9 Å². The van der Waals surface area contributed by atoms with Crippen molar-refractivity contribution in [3.8, 4) is 0 Å². The maximum atomic E-state index is 13.8. The highest BCUT2D eigenvalue weighted by atomic mass is 16.2. The highest BCUT2D eigenvalue weighted by molar-refractivity contribution is 6.14. The number of amides is 2. The second kappa shape index (κ2) is 13.0. The molecular formula is C33H45N5O2. The molecule has 40 heavy (non-hydrogen) atoms. The minimum absolute atomic E-state index is 0.0447. The van der Waals surface area contributed by atoms with Crippen molar-refractivity contribution in [2.24, 2.45) is 10.9 Å². The third-order valence-corrected chi connectivity index (χ3v) is 8.85. The molecule has 2 aromatic rings. The Hall–Kier alpha value is -3.19. The van der Waals surface area contributed by atoms with Gasteiger partial charge in [0.15, 0.2) is 0 Å². The molecule has 2 aromatic carbocycles. The Morgan fingerprint density at radius 3 is 2.35 bits per heavy atom. The van der Waals surface area contributed by atoms with Crippen LogP contribution in [0.5, 0.6) is 0 Å². The van der Waals surface area contributed by atoms with Crippen LogP contribution in [0, 0.1) is 5.92 Å². The molecule has 0 radical (unpaired) electrons. The number of nitrogens with zero attached hydrogens (tertiary/aromatic N) is 4. The van der Waals surface area contributed by atoms with E-state index in [-0.39, 0.29) is 18.2 Å². The summed E-state index contributed by atoms with van der Waals surface area (Å²) < 4.78 is 0. The lowest BCUT2D eigenvalue weighted by molar-refractivity contribution is -0.123. The van der Waals surface area contributed by atoms with Crippen molar-refractivity contribution in [1.82, 2.24) is 4.90 Å². The number of hydrogen-bond acceptors (Lipinski definition) is 5. The Bertz CT molecular complexity index is 1190. The third kappa shape index (κ3) is 6.41. The number of anilines is 3. The smallest absolute Gasteiger partial charge is 0.252 e. The number of para-hydroxylation sites is 1. The molecule has 0 bridgehead atoms. The van der Waals surface area contributed by atoms with Gasteiger partial charge >= 0.3 is 0 Å². The fourth-order valence-electron chi connectivity index (χ4n) is 6.59. The van der Waals surface area contributed by atoms with Crippen LogP contribution >= 0.6 is 0 Å². The number of benzodiazepines with no additional fused rings is 1. The molecule has 1 saturated carbocycles. The van der Waals surface area contributed by atoms with E-state index >= 15 is 0 Å². The van der Waals surface area contributed by atoms with Crippen LogP contribution in [0.2, 0.25) is 0 Å². The molecular weight excluding hydrogens is 498 g/mol. The topological polar surface area (TPSA) is 68.2 Å². The molecule has 1 atom stereocenters. The Kier molecular flexibility index (Phi) is 9.20. The van der Waals surface area contributed by atoms with E-state index in [2.05, 4.69) is 54.3 Å². The molecule has 0 spiro atoms. The summed E-state index contributed by atoms with van der Waals surface area (Å²) >= 11 is 0. The van der Waals surface area contributed by atoms with Crippen LogP contribution in [0.15, 0.2) is 53.5 Å². The van der Waals surface area contributed by atoms with Crippen molar-refractivity contribution in [1.29, 1.82) is 0 Å². The quantitative estimate of drug-likeness (QED) is 0.461. The molecule has 7 nitrogen and oxygen atoms in total. The molecule has 0 aromatic heterocycles. The second-order valence-corrected chi connectivity index (χ2v) is 11.9.